The Morgan fingerprint density at radius 1 is 1.25 bits per heavy atom. The highest BCUT2D eigenvalue weighted by Crippen LogP contribution is 2.22. The minimum atomic E-state index is -0.832. The van der Waals surface area contributed by atoms with Crippen LogP contribution in [0.15, 0.2) is 18.2 Å². The van der Waals surface area contributed by atoms with Crippen LogP contribution in [0.1, 0.15) is 37.5 Å². The van der Waals surface area contributed by atoms with Crippen LogP contribution in [0.25, 0.3) is 0 Å². The van der Waals surface area contributed by atoms with Gasteiger partial charge in [-0.15, -0.1) is 0 Å². The summed E-state index contributed by atoms with van der Waals surface area (Å²) in [6, 6.07) is 5.75. The van der Waals surface area contributed by atoms with Gasteiger partial charge in [0, 0.05) is 6.54 Å². The van der Waals surface area contributed by atoms with E-state index in [0.29, 0.717) is 6.54 Å². The van der Waals surface area contributed by atoms with Crippen molar-refractivity contribution in [2.45, 2.75) is 52.7 Å². The molecule has 1 heterocycles. The Morgan fingerprint density at radius 3 is 2.55 bits per heavy atom. The van der Waals surface area contributed by atoms with Crippen molar-refractivity contribution in [1.29, 1.82) is 0 Å². The molecule has 20 heavy (non-hydrogen) atoms. The number of piperazine rings is 1. The molecule has 0 aromatic heterocycles. The molecule has 1 N–H and O–H groups in total. The Morgan fingerprint density at radius 2 is 1.90 bits per heavy atom. The van der Waals surface area contributed by atoms with E-state index in [1.807, 2.05) is 13.8 Å². The van der Waals surface area contributed by atoms with Crippen LogP contribution in [-0.4, -0.2) is 28.3 Å². The normalized spacial score (nSPS) is 21.9. The third-order valence-electron chi connectivity index (χ3n) is 3.92. The van der Waals surface area contributed by atoms with Crippen LogP contribution in [0.5, 0.6) is 0 Å². The maximum Gasteiger partial charge on any atom is 0.248 e. The number of hydrogen-bond donors (Lipinski definition) is 1. The van der Waals surface area contributed by atoms with Crippen molar-refractivity contribution >= 4 is 11.8 Å². The molecule has 0 saturated carbocycles. The van der Waals surface area contributed by atoms with Crippen molar-refractivity contribution < 1.29 is 9.59 Å². The molecule has 0 spiro atoms. The number of aryl methyl sites for hydroxylation is 2. The van der Waals surface area contributed by atoms with Gasteiger partial charge in [-0.25, -0.2) is 0 Å². The zero-order valence-electron chi connectivity index (χ0n) is 12.8. The molecule has 2 rings (SSSR count). The third kappa shape index (κ3) is 2.55. The molecule has 1 saturated heterocycles. The first kappa shape index (κ1) is 14.6. The monoisotopic (exact) mass is 274 g/mol. The lowest BCUT2D eigenvalue weighted by molar-refractivity contribution is -0.153. The lowest BCUT2D eigenvalue weighted by atomic mass is 9.96. The topological polar surface area (TPSA) is 49.4 Å². The molecule has 108 valence electrons. The minimum Gasteiger partial charge on any atom is -0.340 e. The second-order valence-corrected chi connectivity index (χ2v) is 6.15. The second kappa shape index (κ2) is 4.93. The van der Waals surface area contributed by atoms with Gasteiger partial charge in [0.1, 0.15) is 11.6 Å². The molecule has 1 aromatic rings. The Hall–Kier alpha value is -1.84. The molecular weight excluding hydrogens is 252 g/mol. The molecule has 1 aromatic carbocycles. The summed E-state index contributed by atoms with van der Waals surface area (Å²) in [5.74, 6) is -0.134. The summed E-state index contributed by atoms with van der Waals surface area (Å²) in [5, 5.41) is 2.77. The number of hydrogen-bond acceptors (Lipinski definition) is 2. The maximum absolute atomic E-state index is 12.5. The summed E-state index contributed by atoms with van der Waals surface area (Å²) in [6.07, 6.45) is 0. The first-order valence-corrected chi connectivity index (χ1v) is 6.91. The van der Waals surface area contributed by atoms with Gasteiger partial charge in [-0.1, -0.05) is 23.8 Å². The van der Waals surface area contributed by atoms with Gasteiger partial charge in [0.15, 0.2) is 0 Å². The quantitative estimate of drug-likeness (QED) is 0.896. The van der Waals surface area contributed by atoms with Crippen LogP contribution in [0, 0.1) is 13.8 Å². The number of nitrogens with zero attached hydrogens (tertiary/aromatic N) is 1. The average Bonchev–Trinajstić information content (AvgIpc) is 2.36. The summed E-state index contributed by atoms with van der Waals surface area (Å²) < 4.78 is 0. The molecule has 1 atom stereocenters. The first-order chi connectivity index (χ1) is 9.22. The maximum atomic E-state index is 12.5. The average molecular weight is 274 g/mol. The molecular formula is C16H22N2O2. The zero-order chi connectivity index (χ0) is 15.1. The van der Waals surface area contributed by atoms with Gasteiger partial charge in [0.2, 0.25) is 11.8 Å². The fraction of sp³-hybridized carbons (Fsp3) is 0.500. The Bertz CT molecular complexity index is 564. The van der Waals surface area contributed by atoms with E-state index in [0.717, 1.165) is 16.7 Å². The fourth-order valence-electron chi connectivity index (χ4n) is 2.51. The zero-order valence-corrected chi connectivity index (χ0v) is 12.8. The van der Waals surface area contributed by atoms with Crippen molar-refractivity contribution in [2.75, 3.05) is 0 Å². The van der Waals surface area contributed by atoms with Crippen molar-refractivity contribution in [3.05, 3.63) is 34.9 Å². The number of amides is 2. The lowest BCUT2D eigenvalue weighted by Gasteiger charge is -2.41. The molecule has 1 unspecified atom stereocenters. The van der Waals surface area contributed by atoms with E-state index in [4.69, 9.17) is 0 Å². The Labute approximate surface area is 120 Å². The molecule has 1 fully saturated rings. The highest BCUT2D eigenvalue weighted by molar-refractivity contribution is 5.99. The molecule has 1 aliphatic heterocycles. The van der Waals surface area contributed by atoms with Crippen LogP contribution in [0.2, 0.25) is 0 Å². The van der Waals surface area contributed by atoms with Crippen molar-refractivity contribution in [2.24, 2.45) is 0 Å². The molecule has 1 aliphatic rings. The van der Waals surface area contributed by atoms with Gasteiger partial charge in [-0.2, -0.15) is 0 Å². The Kier molecular flexibility index (Phi) is 3.59. The summed E-state index contributed by atoms with van der Waals surface area (Å²) in [7, 11) is 0. The first-order valence-electron chi connectivity index (χ1n) is 6.91. The molecule has 0 bridgehead atoms. The number of carbonyl (C=O) groups is 2. The minimum absolute atomic E-state index is 0.0366. The predicted molar refractivity (Wildman–Crippen MR) is 78.1 cm³/mol. The predicted octanol–water partition coefficient (Wildman–Crippen LogP) is 1.93. The SMILES string of the molecule is Cc1ccc(C)c(CN2C(=O)C(C)(C)NC(=O)C2C)c1. The van der Waals surface area contributed by atoms with E-state index in [1.165, 1.54) is 0 Å². The van der Waals surface area contributed by atoms with Crippen molar-refractivity contribution in [3.63, 3.8) is 0 Å². The Balaban J connectivity index is 2.32. The van der Waals surface area contributed by atoms with Crippen LogP contribution >= 0.6 is 0 Å². The highest BCUT2D eigenvalue weighted by Gasteiger charge is 2.43. The van der Waals surface area contributed by atoms with E-state index in [1.54, 1.807) is 25.7 Å². The summed E-state index contributed by atoms with van der Waals surface area (Å²) in [4.78, 5) is 26.2. The summed E-state index contributed by atoms with van der Waals surface area (Å²) >= 11 is 0. The number of carbonyl (C=O) groups excluding carboxylic acids is 2. The van der Waals surface area contributed by atoms with Gasteiger partial charge in [0.05, 0.1) is 0 Å². The van der Waals surface area contributed by atoms with E-state index in [9.17, 15) is 9.59 Å². The molecule has 0 aliphatic carbocycles. The fourth-order valence-corrected chi connectivity index (χ4v) is 2.51. The van der Waals surface area contributed by atoms with E-state index < -0.39 is 11.6 Å². The van der Waals surface area contributed by atoms with Crippen LogP contribution in [0.3, 0.4) is 0 Å². The number of nitrogens with one attached hydrogen (secondary N) is 1. The van der Waals surface area contributed by atoms with E-state index in [2.05, 4.69) is 23.5 Å². The van der Waals surface area contributed by atoms with Crippen LogP contribution in [-0.2, 0) is 16.1 Å². The molecule has 2 amide bonds. The van der Waals surface area contributed by atoms with Gasteiger partial charge < -0.3 is 10.2 Å². The summed E-state index contributed by atoms with van der Waals surface area (Å²) in [6.45, 7) is 9.79. The molecule has 4 nitrogen and oxygen atoms in total. The second-order valence-electron chi connectivity index (χ2n) is 6.15. The van der Waals surface area contributed by atoms with E-state index >= 15 is 0 Å². The van der Waals surface area contributed by atoms with Crippen molar-refractivity contribution in [3.8, 4) is 0 Å². The number of rotatable bonds is 2. The number of benzene rings is 1. The van der Waals surface area contributed by atoms with Crippen LogP contribution < -0.4 is 5.32 Å². The smallest absolute Gasteiger partial charge is 0.248 e. The van der Waals surface area contributed by atoms with Gasteiger partial charge in [0.25, 0.3) is 0 Å². The van der Waals surface area contributed by atoms with E-state index in [-0.39, 0.29) is 11.8 Å². The molecule has 0 radical (unpaired) electrons. The largest absolute Gasteiger partial charge is 0.340 e. The van der Waals surface area contributed by atoms with Crippen molar-refractivity contribution in [1.82, 2.24) is 10.2 Å². The van der Waals surface area contributed by atoms with Gasteiger partial charge in [-0.05, 0) is 45.7 Å². The third-order valence-corrected chi connectivity index (χ3v) is 3.92. The standard InChI is InChI=1S/C16H22N2O2/c1-10-6-7-11(2)13(8-10)9-18-12(3)14(19)17-16(4,5)15(18)20/h6-8,12H,9H2,1-5H3,(H,17,19). The lowest BCUT2D eigenvalue weighted by Crippen LogP contribution is -2.67. The summed E-state index contributed by atoms with van der Waals surface area (Å²) in [5.41, 5.74) is 2.56. The van der Waals surface area contributed by atoms with Gasteiger partial charge in [-0.3, -0.25) is 9.59 Å². The van der Waals surface area contributed by atoms with Gasteiger partial charge >= 0.3 is 0 Å². The van der Waals surface area contributed by atoms with Crippen LogP contribution in [0.4, 0.5) is 0 Å². The highest BCUT2D eigenvalue weighted by atomic mass is 16.2. The molecule has 4 heteroatoms.